The maximum atomic E-state index is 12.8. The number of urea groups is 1. The lowest BCUT2D eigenvalue weighted by Gasteiger charge is -2.31. The number of fused-ring (bicyclic) bond motifs is 1. The lowest BCUT2D eigenvalue weighted by atomic mass is 9.94. The lowest BCUT2D eigenvalue weighted by molar-refractivity contribution is -0.903. The Bertz CT molecular complexity index is 803. The van der Waals surface area contributed by atoms with Crippen molar-refractivity contribution in [3.63, 3.8) is 0 Å². The monoisotopic (exact) mass is 390 g/mol. The zero-order valence-electron chi connectivity index (χ0n) is 15.7. The van der Waals surface area contributed by atoms with Gasteiger partial charge in [0.05, 0.1) is 37.1 Å². The summed E-state index contributed by atoms with van der Waals surface area (Å²) >= 11 is 0. The fraction of sp³-hybridized carbons (Fsp3) is 0.474. The number of benzene rings is 1. The van der Waals surface area contributed by atoms with Gasteiger partial charge in [-0.1, -0.05) is 6.07 Å². The first-order valence-electron chi connectivity index (χ1n) is 9.44. The minimum atomic E-state index is -0.627. The molecule has 0 spiro atoms. The van der Waals surface area contributed by atoms with Crippen molar-refractivity contribution in [3.05, 3.63) is 35.0 Å². The van der Waals surface area contributed by atoms with Crippen LogP contribution in [0.25, 0.3) is 0 Å². The Morgan fingerprint density at radius 1 is 1.25 bits per heavy atom. The van der Waals surface area contributed by atoms with Crippen molar-refractivity contribution in [2.24, 2.45) is 0 Å². The van der Waals surface area contributed by atoms with Crippen LogP contribution in [0.5, 0.6) is 11.5 Å². The van der Waals surface area contributed by atoms with E-state index >= 15 is 0 Å². The summed E-state index contributed by atoms with van der Waals surface area (Å²) in [6.07, 6.45) is 0. The normalized spacial score (nSPS) is 21.9. The highest BCUT2D eigenvalue weighted by atomic mass is 16.7. The minimum absolute atomic E-state index is 0.156. The van der Waals surface area contributed by atoms with E-state index in [-0.39, 0.29) is 19.4 Å². The van der Waals surface area contributed by atoms with Crippen LogP contribution in [-0.4, -0.2) is 58.2 Å². The van der Waals surface area contributed by atoms with Gasteiger partial charge in [-0.3, -0.25) is 0 Å². The van der Waals surface area contributed by atoms with Crippen LogP contribution >= 0.6 is 0 Å². The summed E-state index contributed by atoms with van der Waals surface area (Å²) in [6.45, 7) is 5.65. The maximum Gasteiger partial charge on any atom is 0.338 e. The quantitative estimate of drug-likeness (QED) is 0.587. The third-order valence-corrected chi connectivity index (χ3v) is 5.01. The van der Waals surface area contributed by atoms with Crippen molar-refractivity contribution >= 4 is 12.0 Å². The summed E-state index contributed by atoms with van der Waals surface area (Å²) in [5.74, 6) is 0.790. The fourth-order valence-electron chi connectivity index (χ4n) is 3.64. The van der Waals surface area contributed by atoms with E-state index in [0.717, 1.165) is 18.7 Å². The molecule has 1 atom stereocenters. The second-order valence-electron chi connectivity index (χ2n) is 6.80. The van der Waals surface area contributed by atoms with Gasteiger partial charge in [0.15, 0.2) is 11.5 Å². The summed E-state index contributed by atoms with van der Waals surface area (Å²) < 4.78 is 21.5. The molecule has 0 saturated carbocycles. The summed E-state index contributed by atoms with van der Waals surface area (Å²) in [6, 6.07) is 4.41. The third-order valence-electron chi connectivity index (χ3n) is 5.01. The van der Waals surface area contributed by atoms with Gasteiger partial charge in [-0.05, 0) is 24.6 Å². The topological polar surface area (TPSA) is 99.6 Å². The standard InChI is InChI=1S/C19H23N3O6/c1-2-26-18(23)16-13(10-22-5-7-25-8-6-22)20-19(24)21-17(16)12-3-4-14-15(9-12)28-11-27-14/h3-4,9,17H,2,5-8,10-11H2,1H3,(H2,20,21,24)/p+1/t17-/m0/s1. The molecule has 1 aromatic carbocycles. The van der Waals surface area contributed by atoms with Gasteiger partial charge in [0.25, 0.3) is 0 Å². The molecule has 3 N–H and O–H groups in total. The number of amides is 2. The number of ether oxygens (including phenoxy) is 4. The molecular formula is C19H24N3O6+. The Morgan fingerprint density at radius 3 is 2.82 bits per heavy atom. The number of carbonyl (C=O) groups is 2. The van der Waals surface area contributed by atoms with E-state index in [0.29, 0.717) is 42.5 Å². The molecule has 9 heteroatoms. The second kappa shape index (κ2) is 8.07. The molecule has 0 aromatic heterocycles. The molecular weight excluding hydrogens is 366 g/mol. The predicted molar refractivity (Wildman–Crippen MR) is 97.0 cm³/mol. The van der Waals surface area contributed by atoms with Crippen molar-refractivity contribution in [2.45, 2.75) is 13.0 Å². The van der Waals surface area contributed by atoms with E-state index in [2.05, 4.69) is 10.6 Å². The van der Waals surface area contributed by atoms with E-state index in [9.17, 15) is 9.59 Å². The number of nitrogens with one attached hydrogen (secondary N) is 3. The highest BCUT2D eigenvalue weighted by Gasteiger charge is 2.36. The summed E-state index contributed by atoms with van der Waals surface area (Å²) in [5.41, 5.74) is 1.73. The SMILES string of the molecule is CCOC(=O)C1=C(C[NH+]2CCOCC2)NC(=O)N[C@H]1c1ccc2c(c1)OCO2. The van der Waals surface area contributed by atoms with Gasteiger partial charge >= 0.3 is 12.0 Å². The van der Waals surface area contributed by atoms with Crippen molar-refractivity contribution in [1.82, 2.24) is 10.6 Å². The first-order valence-corrected chi connectivity index (χ1v) is 9.44. The van der Waals surface area contributed by atoms with E-state index < -0.39 is 12.0 Å². The van der Waals surface area contributed by atoms with Crippen LogP contribution in [0.1, 0.15) is 18.5 Å². The van der Waals surface area contributed by atoms with Crippen LogP contribution in [0.4, 0.5) is 4.79 Å². The van der Waals surface area contributed by atoms with Crippen LogP contribution < -0.4 is 25.0 Å². The number of rotatable bonds is 5. The number of morpholine rings is 1. The van der Waals surface area contributed by atoms with Gasteiger partial charge < -0.3 is 34.5 Å². The molecule has 4 rings (SSSR count). The smallest absolute Gasteiger partial charge is 0.338 e. The zero-order valence-corrected chi connectivity index (χ0v) is 15.7. The highest BCUT2D eigenvalue weighted by molar-refractivity contribution is 5.95. The first kappa shape index (κ1) is 18.6. The summed E-state index contributed by atoms with van der Waals surface area (Å²) in [5, 5.41) is 5.66. The van der Waals surface area contributed by atoms with Crippen molar-refractivity contribution < 1.29 is 33.4 Å². The molecule has 1 aromatic rings. The number of carbonyl (C=O) groups excluding carboxylic acids is 2. The Hall–Kier alpha value is -2.78. The van der Waals surface area contributed by atoms with Gasteiger partial charge in [0.1, 0.15) is 19.6 Å². The number of quaternary nitrogens is 1. The van der Waals surface area contributed by atoms with Gasteiger partial charge in [-0.15, -0.1) is 0 Å². The van der Waals surface area contributed by atoms with Crippen molar-refractivity contribution in [2.75, 3.05) is 46.2 Å². The Morgan fingerprint density at radius 2 is 2.04 bits per heavy atom. The maximum absolute atomic E-state index is 12.8. The molecule has 0 unspecified atom stereocenters. The van der Waals surface area contributed by atoms with Crippen LogP contribution in [0.15, 0.2) is 29.5 Å². The van der Waals surface area contributed by atoms with Crippen molar-refractivity contribution in [1.29, 1.82) is 0 Å². The molecule has 3 heterocycles. The van der Waals surface area contributed by atoms with Crippen LogP contribution in [-0.2, 0) is 14.3 Å². The van der Waals surface area contributed by atoms with Crippen LogP contribution in [0.3, 0.4) is 0 Å². The van der Waals surface area contributed by atoms with E-state index in [1.54, 1.807) is 19.1 Å². The Kier molecular flexibility index (Phi) is 5.36. The molecule has 3 aliphatic rings. The van der Waals surface area contributed by atoms with Gasteiger partial charge in [0, 0.05) is 0 Å². The average Bonchev–Trinajstić information content (AvgIpc) is 3.16. The first-order chi connectivity index (χ1) is 13.7. The predicted octanol–water partition coefficient (Wildman–Crippen LogP) is -0.498. The number of hydrogen-bond acceptors (Lipinski definition) is 6. The molecule has 3 aliphatic heterocycles. The Balaban J connectivity index is 1.70. The van der Waals surface area contributed by atoms with Gasteiger partial charge in [-0.2, -0.15) is 0 Å². The van der Waals surface area contributed by atoms with E-state index in [1.165, 1.54) is 4.90 Å². The van der Waals surface area contributed by atoms with Gasteiger partial charge in [-0.25, -0.2) is 9.59 Å². The third kappa shape index (κ3) is 3.76. The second-order valence-corrected chi connectivity index (χ2v) is 6.80. The molecule has 150 valence electrons. The minimum Gasteiger partial charge on any atom is -0.463 e. The lowest BCUT2D eigenvalue weighted by Crippen LogP contribution is -3.14. The molecule has 2 amide bonds. The molecule has 1 saturated heterocycles. The Labute approximate surface area is 162 Å². The number of esters is 1. The number of hydrogen-bond donors (Lipinski definition) is 3. The molecule has 28 heavy (non-hydrogen) atoms. The molecule has 9 nitrogen and oxygen atoms in total. The van der Waals surface area contributed by atoms with E-state index in [1.807, 2.05) is 6.07 Å². The fourth-order valence-corrected chi connectivity index (χ4v) is 3.64. The van der Waals surface area contributed by atoms with Crippen LogP contribution in [0.2, 0.25) is 0 Å². The molecule has 0 aliphatic carbocycles. The summed E-state index contributed by atoms with van der Waals surface area (Å²) in [7, 11) is 0. The molecule has 1 fully saturated rings. The molecule has 0 radical (unpaired) electrons. The molecule has 0 bridgehead atoms. The zero-order chi connectivity index (χ0) is 19.5. The summed E-state index contributed by atoms with van der Waals surface area (Å²) in [4.78, 5) is 26.4. The van der Waals surface area contributed by atoms with Crippen LogP contribution in [0, 0.1) is 0 Å². The highest BCUT2D eigenvalue weighted by Crippen LogP contribution is 2.36. The van der Waals surface area contributed by atoms with E-state index in [4.69, 9.17) is 18.9 Å². The van der Waals surface area contributed by atoms with Gasteiger partial charge in [0.2, 0.25) is 6.79 Å². The average molecular weight is 390 g/mol. The van der Waals surface area contributed by atoms with Crippen molar-refractivity contribution in [3.8, 4) is 11.5 Å². The largest absolute Gasteiger partial charge is 0.463 e.